The molecule has 0 atom stereocenters. The quantitative estimate of drug-likeness (QED) is 0.911. The molecular weight excluding hydrogens is 327 g/mol. The van der Waals surface area contributed by atoms with Crippen LogP contribution in [-0.4, -0.2) is 54.4 Å². The number of pyridine rings is 1. The number of rotatable bonds is 3. The third-order valence-electron chi connectivity index (χ3n) is 4.01. The number of ether oxygens (including phenoxy) is 2. The SMILES string of the molecule is O=C(NC1CCOCC1)N1CC(Oc2ccnc(C(F)(F)F)c2)C1. The highest BCUT2D eigenvalue weighted by Crippen LogP contribution is 2.30. The van der Waals surface area contributed by atoms with E-state index in [0.717, 1.165) is 25.1 Å². The van der Waals surface area contributed by atoms with Crippen molar-refractivity contribution in [3.8, 4) is 5.75 Å². The van der Waals surface area contributed by atoms with E-state index in [0.29, 0.717) is 26.3 Å². The zero-order valence-corrected chi connectivity index (χ0v) is 12.9. The molecule has 0 unspecified atom stereocenters. The van der Waals surface area contributed by atoms with Crippen LogP contribution in [0.25, 0.3) is 0 Å². The standard InChI is InChI=1S/C15H18F3N3O3/c16-15(17,18)13-7-11(1-4-19-13)24-12-8-21(9-12)14(22)20-10-2-5-23-6-3-10/h1,4,7,10,12H,2-3,5-6,8-9H2,(H,20,22). The van der Waals surface area contributed by atoms with Gasteiger partial charge in [0.2, 0.25) is 0 Å². The van der Waals surface area contributed by atoms with Gasteiger partial charge in [0.15, 0.2) is 0 Å². The lowest BCUT2D eigenvalue weighted by Gasteiger charge is -2.39. The second-order valence-corrected chi connectivity index (χ2v) is 5.86. The number of alkyl halides is 3. The van der Waals surface area contributed by atoms with Crippen LogP contribution >= 0.6 is 0 Å². The summed E-state index contributed by atoms with van der Waals surface area (Å²) in [5, 5.41) is 2.93. The Hall–Kier alpha value is -2.03. The minimum Gasteiger partial charge on any atom is -0.487 e. The van der Waals surface area contributed by atoms with E-state index in [2.05, 4.69) is 10.3 Å². The number of likely N-dealkylation sites (tertiary alicyclic amines) is 1. The van der Waals surface area contributed by atoms with Crippen LogP contribution in [0.1, 0.15) is 18.5 Å². The number of aromatic nitrogens is 1. The van der Waals surface area contributed by atoms with Crippen molar-refractivity contribution in [2.24, 2.45) is 0 Å². The van der Waals surface area contributed by atoms with E-state index >= 15 is 0 Å². The fraction of sp³-hybridized carbons (Fsp3) is 0.600. The first kappa shape index (κ1) is 16.8. The van der Waals surface area contributed by atoms with Crippen LogP contribution < -0.4 is 10.1 Å². The van der Waals surface area contributed by atoms with Gasteiger partial charge in [-0.2, -0.15) is 13.2 Å². The molecule has 3 rings (SSSR count). The van der Waals surface area contributed by atoms with Gasteiger partial charge in [-0.3, -0.25) is 4.98 Å². The van der Waals surface area contributed by atoms with E-state index in [1.165, 1.54) is 6.07 Å². The number of hydrogen-bond acceptors (Lipinski definition) is 4. The molecular formula is C15H18F3N3O3. The first-order chi connectivity index (χ1) is 11.4. The number of hydrogen-bond donors (Lipinski definition) is 1. The molecule has 9 heteroatoms. The summed E-state index contributed by atoms with van der Waals surface area (Å²) in [5.41, 5.74) is -0.992. The third-order valence-corrected chi connectivity index (χ3v) is 4.01. The van der Waals surface area contributed by atoms with Crippen LogP contribution in [0.5, 0.6) is 5.75 Å². The van der Waals surface area contributed by atoms with Gasteiger partial charge in [-0.05, 0) is 18.9 Å². The van der Waals surface area contributed by atoms with Crippen molar-refractivity contribution < 1.29 is 27.4 Å². The predicted octanol–water partition coefficient (Wildman–Crippen LogP) is 2.05. The molecule has 24 heavy (non-hydrogen) atoms. The largest absolute Gasteiger partial charge is 0.487 e. The molecule has 132 valence electrons. The molecule has 1 N–H and O–H groups in total. The molecule has 1 aromatic heterocycles. The molecule has 2 aliphatic heterocycles. The maximum atomic E-state index is 12.6. The third kappa shape index (κ3) is 4.08. The van der Waals surface area contributed by atoms with E-state index in [4.69, 9.17) is 9.47 Å². The average molecular weight is 345 g/mol. The number of halogens is 3. The maximum Gasteiger partial charge on any atom is 0.433 e. The number of amides is 2. The highest BCUT2D eigenvalue weighted by Gasteiger charge is 2.35. The normalized spacial score (nSPS) is 19.7. The van der Waals surface area contributed by atoms with Crippen LogP contribution in [-0.2, 0) is 10.9 Å². The molecule has 0 radical (unpaired) electrons. The van der Waals surface area contributed by atoms with Crippen molar-refractivity contribution >= 4 is 6.03 Å². The summed E-state index contributed by atoms with van der Waals surface area (Å²) < 4.78 is 48.5. The zero-order valence-electron chi connectivity index (χ0n) is 12.9. The van der Waals surface area contributed by atoms with Crippen molar-refractivity contribution in [1.82, 2.24) is 15.2 Å². The average Bonchev–Trinajstić information content (AvgIpc) is 2.51. The van der Waals surface area contributed by atoms with Gasteiger partial charge < -0.3 is 19.7 Å². The number of nitrogens with zero attached hydrogens (tertiary/aromatic N) is 2. The monoisotopic (exact) mass is 345 g/mol. The topological polar surface area (TPSA) is 63.7 Å². The minimum absolute atomic E-state index is 0.104. The molecule has 2 fully saturated rings. The van der Waals surface area contributed by atoms with Crippen molar-refractivity contribution in [1.29, 1.82) is 0 Å². The van der Waals surface area contributed by atoms with Gasteiger partial charge in [-0.1, -0.05) is 0 Å². The molecule has 0 aromatic carbocycles. The molecule has 2 saturated heterocycles. The van der Waals surface area contributed by atoms with E-state index in [9.17, 15) is 18.0 Å². The zero-order chi connectivity index (χ0) is 17.2. The minimum atomic E-state index is -4.51. The van der Waals surface area contributed by atoms with E-state index in [-0.39, 0.29) is 23.9 Å². The van der Waals surface area contributed by atoms with Gasteiger partial charge >= 0.3 is 12.2 Å². The molecule has 0 spiro atoms. The molecule has 3 heterocycles. The summed E-state index contributed by atoms with van der Waals surface area (Å²) in [4.78, 5) is 16.9. The van der Waals surface area contributed by atoms with Gasteiger partial charge in [0.1, 0.15) is 17.5 Å². The Morgan fingerprint density at radius 3 is 2.71 bits per heavy atom. The maximum absolute atomic E-state index is 12.6. The summed E-state index contributed by atoms with van der Waals surface area (Å²) in [6, 6.07) is 2.18. The van der Waals surface area contributed by atoms with Gasteiger partial charge in [-0.25, -0.2) is 4.79 Å². The van der Waals surface area contributed by atoms with Gasteiger partial charge in [0.05, 0.1) is 13.1 Å². The number of nitrogens with one attached hydrogen (secondary N) is 1. The Bertz CT molecular complexity index is 585. The van der Waals surface area contributed by atoms with Gasteiger partial charge in [0, 0.05) is 31.5 Å². The fourth-order valence-electron chi connectivity index (χ4n) is 2.62. The van der Waals surface area contributed by atoms with Crippen molar-refractivity contribution in [2.75, 3.05) is 26.3 Å². The highest BCUT2D eigenvalue weighted by atomic mass is 19.4. The molecule has 0 bridgehead atoms. The fourth-order valence-corrected chi connectivity index (χ4v) is 2.62. The van der Waals surface area contributed by atoms with E-state index < -0.39 is 11.9 Å². The molecule has 0 saturated carbocycles. The summed E-state index contributed by atoms with van der Waals surface area (Å²) >= 11 is 0. The molecule has 6 nitrogen and oxygen atoms in total. The second-order valence-electron chi connectivity index (χ2n) is 5.86. The summed E-state index contributed by atoms with van der Waals surface area (Å²) in [6.07, 6.45) is -2.18. The molecule has 2 amide bonds. The lowest BCUT2D eigenvalue weighted by atomic mass is 10.1. The van der Waals surface area contributed by atoms with Crippen LogP contribution in [0, 0.1) is 0 Å². The number of carbonyl (C=O) groups excluding carboxylic acids is 1. The molecule has 1 aromatic rings. The molecule has 0 aliphatic carbocycles. The highest BCUT2D eigenvalue weighted by molar-refractivity contribution is 5.75. The lowest BCUT2D eigenvalue weighted by Crippen LogP contribution is -2.60. The number of urea groups is 1. The first-order valence-electron chi connectivity index (χ1n) is 7.75. The summed E-state index contributed by atoms with van der Waals surface area (Å²) in [6.45, 7) is 1.97. The Morgan fingerprint density at radius 1 is 1.33 bits per heavy atom. The predicted molar refractivity (Wildman–Crippen MR) is 77.6 cm³/mol. The van der Waals surface area contributed by atoms with Gasteiger partial charge in [-0.15, -0.1) is 0 Å². The summed E-state index contributed by atoms with van der Waals surface area (Å²) in [7, 11) is 0. The van der Waals surface area contributed by atoms with Crippen molar-refractivity contribution in [3.05, 3.63) is 24.0 Å². The molecule has 2 aliphatic rings. The first-order valence-corrected chi connectivity index (χ1v) is 7.75. The Labute approximate surface area is 136 Å². The van der Waals surface area contributed by atoms with Crippen LogP contribution in [0.15, 0.2) is 18.3 Å². The van der Waals surface area contributed by atoms with Gasteiger partial charge in [0.25, 0.3) is 0 Å². The lowest BCUT2D eigenvalue weighted by molar-refractivity contribution is -0.141. The van der Waals surface area contributed by atoms with E-state index in [1.807, 2.05) is 0 Å². The Morgan fingerprint density at radius 2 is 2.04 bits per heavy atom. The van der Waals surface area contributed by atoms with Crippen molar-refractivity contribution in [2.45, 2.75) is 31.2 Å². The number of carbonyl (C=O) groups is 1. The Kier molecular flexibility index (Phi) is 4.79. The van der Waals surface area contributed by atoms with Crippen molar-refractivity contribution in [3.63, 3.8) is 0 Å². The van der Waals surface area contributed by atoms with E-state index in [1.54, 1.807) is 4.90 Å². The second kappa shape index (κ2) is 6.84. The summed E-state index contributed by atoms with van der Waals surface area (Å²) in [5.74, 6) is 0.104. The van der Waals surface area contributed by atoms with Crippen LogP contribution in [0.2, 0.25) is 0 Å². The smallest absolute Gasteiger partial charge is 0.433 e. The van der Waals surface area contributed by atoms with Crippen LogP contribution in [0.3, 0.4) is 0 Å². The Balaban J connectivity index is 1.46. The van der Waals surface area contributed by atoms with Crippen LogP contribution in [0.4, 0.5) is 18.0 Å².